The number of carbonyl (C=O) groups excluding carboxylic acids is 1. The fraction of sp³-hybridized carbons (Fsp3) is 0.500. The van der Waals surface area contributed by atoms with Crippen LogP contribution in [0.4, 0.5) is 4.79 Å². The number of ether oxygens (including phenoxy) is 1. The maximum atomic E-state index is 12.0. The molecule has 1 heterocycles. The molecule has 0 bridgehead atoms. The highest BCUT2D eigenvalue weighted by molar-refractivity contribution is 5.69. The van der Waals surface area contributed by atoms with E-state index < -0.39 is 5.97 Å². The number of hydrogen-bond acceptors (Lipinski definition) is 4. The average molecular weight is 306 g/mol. The molecule has 2 rings (SSSR count). The van der Waals surface area contributed by atoms with Gasteiger partial charge in [0.15, 0.2) is 0 Å². The van der Waals surface area contributed by atoms with Crippen LogP contribution in [0, 0.1) is 5.92 Å². The largest absolute Gasteiger partial charge is 0.480 e. The Balaban J connectivity index is 1.71. The first-order valence-corrected chi connectivity index (χ1v) is 7.40. The van der Waals surface area contributed by atoms with Crippen LogP contribution in [0.1, 0.15) is 12.0 Å². The van der Waals surface area contributed by atoms with Gasteiger partial charge in [-0.15, -0.1) is 0 Å². The van der Waals surface area contributed by atoms with Crippen molar-refractivity contribution in [3.05, 3.63) is 35.9 Å². The van der Waals surface area contributed by atoms with Gasteiger partial charge in [0.05, 0.1) is 6.54 Å². The third-order valence-corrected chi connectivity index (χ3v) is 3.78. The van der Waals surface area contributed by atoms with Crippen LogP contribution in [0.5, 0.6) is 0 Å². The summed E-state index contributed by atoms with van der Waals surface area (Å²) in [6, 6.07) is 9.55. The maximum absolute atomic E-state index is 12.0. The van der Waals surface area contributed by atoms with Crippen molar-refractivity contribution in [2.75, 3.05) is 33.2 Å². The zero-order valence-corrected chi connectivity index (χ0v) is 12.8. The van der Waals surface area contributed by atoms with Crippen molar-refractivity contribution < 1.29 is 19.4 Å². The number of rotatable bonds is 6. The third-order valence-electron chi connectivity index (χ3n) is 3.78. The summed E-state index contributed by atoms with van der Waals surface area (Å²) >= 11 is 0. The van der Waals surface area contributed by atoms with Gasteiger partial charge in [-0.1, -0.05) is 30.3 Å². The van der Waals surface area contributed by atoms with Crippen molar-refractivity contribution in [3.8, 4) is 0 Å². The molecule has 1 aliphatic rings. The van der Waals surface area contributed by atoms with Crippen molar-refractivity contribution >= 4 is 12.1 Å². The van der Waals surface area contributed by atoms with Gasteiger partial charge in [0.25, 0.3) is 0 Å². The molecule has 1 aliphatic heterocycles. The number of hydrogen-bond donors (Lipinski definition) is 1. The topological polar surface area (TPSA) is 70.1 Å². The van der Waals surface area contributed by atoms with Gasteiger partial charge >= 0.3 is 12.1 Å². The van der Waals surface area contributed by atoms with Crippen molar-refractivity contribution in [1.82, 2.24) is 9.80 Å². The van der Waals surface area contributed by atoms with Gasteiger partial charge in [0, 0.05) is 20.1 Å². The van der Waals surface area contributed by atoms with Gasteiger partial charge in [-0.3, -0.25) is 9.69 Å². The first kappa shape index (κ1) is 16.3. The molecule has 22 heavy (non-hydrogen) atoms. The molecular weight excluding hydrogens is 284 g/mol. The summed E-state index contributed by atoms with van der Waals surface area (Å²) in [5.74, 6) is -0.509. The summed E-state index contributed by atoms with van der Waals surface area (Å²) in [5, 5.41) is 8.78. The highest BCUT2D eigenvalue weighted by Crippen LogP contribution is 2.17. The highest BCUT2D eigenvalue weighted by Gasteiger charge is 2.26. The Bertz CT molecular complexity index is 506. The van der Waals surface area contributed by atoms with Crippen LogP contribution < -0.4 is 0 Å². The lowest BCUT2D eigenvalue weighted by molar-refractivity contribution is -0.138. The van der Waals surface area contributed by atoms with Crippen molar-refractivity contribution in [2.24, 2.45) is 5.92 Å². The molecule has 1 saturated heterocycles. The second kappa shape index (κ2) is 7.79. The van der Waals surface area contributed by atoms with Crippen molar-refractivity contribution in [3.63, 3.8) is 0 Å². The molecule has 0 aromatic heterocycles. The van der Waals surface area contributed by atoms with Crippen LogP contribution >= 0.6 is 0 Å². The minimum Gasteiger partial charge on any atom is -0.480 e. The summed E-state index contributed by atoms with van der Waals surface area (Å²) in [7, 11) is 1.72. The lowest BCUT2D eigenvalue weighted by Crippen LogP contribution is -2.34. The second-order valence-corrected chi connectivity index (χ2v) is 5.70. The van der Waals surface area contributed by atoms with E-state index in [0.717, 1.165) is 18.5 Å². The average Bonchev–Trinajstić information content (AvgIpc) is 2.92. The van der Waals surface area contributed by atoms with E-state index in [1.807, 2.05) is 35.2 Å². The molecule has 1 fully saturated rings. The standard InChI is InChI=1S/C16H22N2O4/c1-17(9-14-7-8-18(10-14)11-15(19)20)16(21)22-12-13-5-3-2-4-6-13/h2-6,14H,7-12H2,1H3,(H,19,20)/t14-/m0/s1. The molecule has 0 aliphatic carbocycles. The lowest BCUT2D eigenvalue weighted by atomic mass is 10.1. The van der Waals surface area contributed by atoms with Gasteiger partial charge in [-0.05, 0) is 24.4 Å². The number of carboxylic acid groups (broad SMARTS) is 1. The summed E-state index contributed by atoms with van der Waals surface area (Å²) in [4.78, 5) is 26.1. The minimum absolute atomic E-state index is 0.0681. The van der Waals surface area contributed by atoms with E-state index in [1.165, 1.54) is 0 Å². The zero-order chi connectivity index (χ0) is 15.9. The lowest BCUT2D eigenvalue weighted by Gasteiger charge is -2.21. The molecule has 1 aromatic rings. The van der Waals surface area contributed by atoms with Crippen LogP contribution in [0.3, 0.4) is 0 Å². The monoisotopic (exact) mass is 306 g/mol. The van der Waals surface area contributed by atoms with Crippen molar-refractivity contribution in [2.45, 2.75) is 13.0 Å². The second-order valence-electron chi connectivity index (χ2n) is 5.70. The molecule has 1 amide bonds. The van der Waals surface area contributed by atoms with E-state index in [4.69, 9.17) is 9.84 Å². The number of nitrogens with zero attached hydrogens (tertiary/aromatic N) is 2. The first-order chi connectivity index (χ1) is 10.5. The zero-order valence-electron chi connectivity index (χ0n) is 12.8. The molecule has 0 radical (unpaired) electrons. The van der Waals surface area contributed by atoms with Crippen LogP contribution in [-0.4, -0.2) is 60.2 Å². The highest BCUT2D eigenvalue weighted by atomic mass is 16.6. The molecule has 120 valence electrons. The Hall–Kier alpha value is -2.08. The first-order valence-electron chi connectivity index (χ1n) is 7.40. The molecule has 1 N–H and O–H groups in total. The Morgan fingerprint density at radius 2 is 2.09 bits per heavy atom. The van der Waals surface area contributed by atoms with E-state index >= 15 is 0 Å². The molecule has 0 saturated carbocycles. The summed E-state index contributed by atoms with van der Waals surface area (Å²) in [5.41, 5.74) is 0.956. The summed E-state index contributed by atoms with van der Waals surface area (Å²) < 4.78 is 5.27. The predicted molar refractivity (Wildman–Crippen MR) is 81.4 cm³/mol. The number of amides is 1. The Kier molecular flexibility index (Phi) is 5.77. The van der Waals surface area contributed by atoms with Crippen molar-refractivity contribution in [1.29, 1.82) is 0 Å². The van der Waals surface area contributed by atoms with E-state index in [1.54, 1.807) is 11.9 Å². The van der Waals surface area contributed by atoms with E-state index in [2.05, 4.69) is 0 Å². The normalized spacial score (nSPS) is 18.1. The number of aliphatic carboxylic acids is 1. The van der Waals surface area contributed by atoms with Gasteiger partial charge in [0.1, 0.15) is 6.61 Å². The number of likely N-dealkylation sites (tertiary alicyclic amines) is 1. The maximum Gasteiger partial charge on any atom is 0.409 e. The minimum atomic E-state index is -0.809. The quantitative estimate of drug-likeness (QED) is 0.865. The van der Waals surface area contributed by atoms with E-state index in [0.29, 0.717) is 19.0 Å². The van der Waals surface area contributed by atoms with Gasteiger partial charge in [-0.25, -0.2) is 4.79 Å². The van der Waals surface area contributed by atoms with Crippen LogP contribution in [-0.2, 0) is 16.1 Å². The molecule has 6 heteroatoms. The predicted octanol–water partition coefficient (Wildman–Crippen LogP) is 1.66. The van der Waals surface area contributed by atoms with E-state index in [-0.39, 0.29) is 19.2 Å². The molecule has 1 aromatic carbocycles. The molecule has 6 nitrogen and oxygen atoms in total. The summed E-state index contributed by atoms with van der Waals surface area (Å²) in [6.45, 7) is 2.40. The van der Waals surface area contributed by atoms with Gasteiger partial charge < -0.3 is 14.7 Å². The summed E-state index contributed by atoms with van der Waals surface area (Å²) in [6.07, 6.45) is 0.560. The molecule has 0 spiro atoms. The Labute approximate surface area is 130 Å². The molecule has 0 unspecified atom stereocenters. The number of carbonyl (C=O) groups is 2. The van der Waals surface area contributed by atoms with Crippen LogP contribution in [0.2, 0.25) is 0 Å². The Morgan fingerprint density at radius 1 is 1.36 bits per heavy atom. The number of carboxylic acids is 1. The SMILES string of the molecule is CN(C[C@@H]1CCN(CC(=O)O)C1)C(=O)OCc1ccccc1. The molecule has 1 atom stereocenters. The smallest absolute Gasteiger partial charge is 0.409 e. The van der Waals surface area contributed by atoms with Gasteiger partial charge in [-0.2, -0.15) is 0 Å². The van der Waals surface area contributed by atoms with Crippen LogP contribution in [0.15, 0.2) is 30.3 Å². The third kappa shape index (κ3) is 5.04. The molecular formula is C16H22N2O4. The fourth-order valence-corrected chi connectivity index (χ4v) is 2.69. The van der Waals surface area contributed by atoms with Gasteiger partial charge in [0.2, 0.25) is 0 Å². The fourth-order valence-electron chi connectivity index (χ4n) is 2.69. The van der Waals surface area contributed by atoms with E-state index in [9.17, 15) is 9.59 Å². The van der Waals surface area contributed by atoms with Crippen LogP contribution in [0.25, 0.3) is 0 Å². The Morgan fingerprint density at radius 3 is 2.77 bits per heavy atom. The number of benzene rings is 1.